The van der Waals surface area contributed by atoms with Crippen molar-refractivity contribution in [2.45, 2.75) is 46.0 Å². The first-order chi connectivity index (χ1) is 10.3. The van der Waals surface area contributed by atoms with E-state index in [1.54, 1.807) is 19.2 Å². The summed E-state index contributed by atoms with van der Waals surface area (Å²) in [7, 11) is 1.67. The zero-order valence-corrected chi connectivity index (χ0v) is 13.8. The molecule has 120 valence electrons. The Bertz CT molecular complexity index is 594. The molecule has 1 aromatic carbocycles. The van der Waals surface area contributed by atoms with E-state index in [1.165, 1.54) is 5.56 Å². The van der Waals surface area contributed by atoms with E-state index in [0.717, 1.165) is 18.4 Å². The van der Waals surface area contributed by atoms with Crippen molar-refractivity contribution >= 4 is 11.9 Å². The van der Waals surface area contributed by atoms with Crippen LogP contribution in [0.15, 0.2) is 18.2 Å². The third-order valence-corrected chi connectivity index (χ3v) is 5.40. The van der Waals surface area contributed by atoms with Gasteiger partial charge in [0.15, 0.2) is 0 Å². The van der Waals surface area contributed by atoms with Gasteiger partial charge in [0.05, 0.1) is 5.56 Å². The highest BCUT2D eigenvalue weighted by atomic mass is 16.4. The largest absolute Gasteiger partial charge is 0.478 e. The van der Waals surface area contributed by atoms with Crippen molar-refractivity contribution in [3.63, 3.8) is 0 Å². The van der Waals surface area contributed by atoms with E-state index < -0.39 is 5.97 Å². The number of fused-ring (bicyclic) bond motifs is 1. The van der Waals surface area contributed by atoms with Crippen LogP contribution >= 0.6 is 0 Å². The van der Waals surface area contributed by atoms with Crippen LogP contribution in [-0.4, -0.2) is 24.0 Å². The van der Waals surface area contributed by atoms with Crippen LogP contribution in [0.3, 0.4) is 0 Å². The Hall–Kier alpha value is -1.84. The maximum Gasteiger partial charge on any atom is 0.335 e. The lowest BCUT2D eigenvalue weighted by Crippen LogP contribution is -2.36. The number of hydrogen-bond acceptors (Lipinski definition) is 2. The van der Waals surface area contributed by atoms with Gasteiger partial charge in [-0.2, -0.15) is 0 Å². The van der Waals surface area contributed by atoms with Crippen LogP contribution in [0.2, 0.25) is 0 Å². The van der Waals surface area contributed by atoms with Crippen molar-refractivity contribution in [1.29, 1.82) is 0 Å². The molecular formula is C18H25NO3. The molecule has 0 heterocycles. The highest BCUT2D eigenvalue weighted by Gasteiger charge is 2.42. The molecule has 0 aliphatic heterocycles. The molecule has 0 fully saturated rings. The summed E-state index contributed by atoms with van der Waals surface area (Å²) in [5, 5.41) is 11.9. The number of rotatable bonds is 5. The molecule has 1 amide bonds. The summed E-state index contributed by atoms with van der Waals surface area (Å²) in [6.07, 6.45) is 2.35. The quantitative estimate of drug-likeness (QED) is 0.877. The van der Waals surface area contributed by atoms with Crippen LogP contribution < -0.4 is 5.32 Å². The summed E-state index contributed by atoms with van der Waals surface area (Å²) >= 11 is 0. The topological polar surface area (TPSA) is 66.4 Å². The van der Waals surface area contributed by atoms with Crippen molar-refractivity contribution in [1.82, 2.24) is 5.32 Å². The smallest absolute Gasteiger partial charge is 0.335 e. The van der Waals surface area contributed by atoms with Gasteiger partial charge in [0.1, 0.15) is 0 Å². The van der Waals surface area contributed by atoms with Crippen molar-refractivity contribution in [2.75, 3.05) is 7.05 Å². The molecule has 0 spiro atoms. The lowest BCUT2D eigenvalue weighted by molar-refractivity contribution is -0.124. The minimum atomic E-state index is -0.886. The number of carboxylic acids is 1. The normalized spacial score (nSPS) is 19.6. The second kappa shape index (κ2) is 6.11. The van der Waals surface area contributed by atoms with Crippen LogP contribution in [0, 0.1) is 11.3 Å². The third kappa shape index (κ3) is 2.87. The summed E-state index contributed by atoms with van der Waals surface area (Å²) in [6.45, 7) is 6.50. The molecule has 0 saturated heterocycles. The molecule has 1 aliphatic carbocycles. The Balaban J connectivity index is 2.38. The van der Waals surface area contributed by atoms with E-state index in [1.807, 2.05) is 6.07 Å². The van der Waals surface area contributed by atoms with Crippen molar-refractivity contribution in [3.05, 3.63) is 34.9 Å². The number of hydrogen-bond donors (Lipinski definition) is 2. The van der Waals surface area contributed by atoms with Gasteiger partial charge in [-0.15, -0.1) is 0 Å². The molecule has 1 aromatic rings. The number of carbonyl (C=O) groups is 2. The lowest BCUT2D eigenvalue weighted by Gasteiger charge is -2.39. The van der Waals surface area contributed by atoms with E-state index >= 15 is 0 Å². The first-order valence-electron chi connectivity index (χ1n) is 7.86. The monoisotopic (exact) mass is 303 g/mol. The van der Waals surface area contributed by atoms with Crippen LogP contribution in [0.25, 0.3) is 0 Å². The molecule has 0 bridgehead atoms. The second-order valence-electron chi connectivity index (χ2n) is 6.82. The predicted octanol–water partition coefficient (Wildman–Crippen LogP) is 3.21. The molecule has 22 heavy (non-hydrogen) atoms. The van der Waals surface area contributed by atoms with Crippen molar-refractivity contribution < 1.29 is 14.7 Å². The Morgan fingerprint density at radius 3 is 2.64 bits per heavy atom. The van der Waals surface area contributed by atoms with Crippen LogP contribution in [0.1, 0.15) is 61.0 Å². The van der Waals surface area contributed by atoms with E-state index in [-0.39, 0.29) is 11.3 Å². The Morgan fingerprint density at radius 2 is 2.09 bits per heavy atom. The fourth-order valence-corrected chi connectivity index (χ4v) is 3.60. The Morgan fingerprint density at radius 1 is 1.41 bits per heavy atom. The first-order valence-corrected chi connectivity index (χ1v) is 7.86. The number of nitrogens with one attached hydrogen (secondary N) is 1. The van der Waals surface area contributed by atoms with Gasteiger partial charge in [-0.05, 0) is 53.4 Å². The van der Waals surface area contributed by atoms with E-state index in [2.05, 4.69) is 26.1 Å². The summed E-state index contributed by atoms with van der Waals surface area (Å²) in [6, 6.07) is 5.42. The van der Waals surface area contributed by atoms with Gasteiger partial charge in [0.2, 0.25) is 5.91 Å². The molecule has 2 rings (SSSR count). The molecule has 4 nitrogen and oxygen atoms in total. The molecule has 0 aromatic heterocycles. The molecule has 1 aliphatic rings. The average Bonchev–Trinajstić information content (AvgIpc) is 2.90. The number of benzene rings is 1. The minimum absolute atomic E-state index is 0.0619. The number of aryl methyl sites for hydroxylation is 1. The van der Waals surface area contributed by atoms with E-state index in [0.29, 0.717) is 23.8 Å². The first kappa shape index (κ1) is 16.5. The molecular weight excluding hydrogens is 278 g/mol. The van der Waals surface area contributed by atoms with Gasteiger partial charge >= 0.3 is 5.97 Å². The SMILES string of the molecule is CNC(=O)C[C@](C)(C(C)C)C1CCc2cc(C(=O)O)ccc21. The highest BCUT2D eigenvalue weighted by molar-refractivity contribution is 5.88. The summed E-state index contributed by atoms with van der Waals surface area (Å²) in [5.74, 6) is -0.169. The van der Waals surface area contributed by atoms with Crippen LogP contribution in [-0.2, 0) is 11.2 Å². The van der Waals surface area contributed by atoms with Gasteiger partial charge < -0.3 is 10.4 Å². The number of aromatic carboxylic acids is 1. The van der Waals surface area contributed by atoms with E-state index in [4.69, 9.17) is 5.11 Å². The van der Waals surface area contributed by atoms with Crippen molar-refractivity contribution in [3.8, 4) is 0 Å². The van der Waals surface area contributed by atoms with Crippen LogP contribution in [0.5, 0.6) is 0 Å². The summed E-state index contributed by atoms with van der Waals surface area (Å²) < 4.78 is 0. The Labute approximate surface area is 131 Å². The number of carboxylic acid groups (broad SMARTS) is 1. The number of amides is 1. The molecule has 0 saturated carbocycles. The maximum absolute atomic E-state index is 12.0. The third-order valence-electron chi connectivity index (χ3n) is 5.40. The van der Waals surface area contributed by atoms with Crippen LogP contribution in [0.4, 0.5) is 0 Å². The molecule has 1 unspecified atom stereocenters. The average molecular weight is 303 g/mol. The zero-order chi connectivity index (χ0) is 16.5. The lowest BCUT2D eigenvalue weighted by atomic mass is 9.65. The minimum Gasteiger partial charge on any atom is -0.478 e. The maximum atomic E-state index is 12.0. The fourth-order valence-electron chi connectivity index (χ4n) is 3.60. The highest BCUT2D eigenvalue weighted by Crippen LogP contribution is 2.51. The van der Waals surface area contributed by atoms with Gasteiger partial charge in [-0.1, -0.05) is 26.8 Å². The predicted molar refractivity (Wildman–Crippen MR) is 86.1 cm³/mol. The Kier molecular flexibility index (Phi) is 4.59. The molecule has 4 heteroatoms. The number of carbonyl (C=O) groups excluding carboxylic acids is 1. The standard InChI is InChI=1S/C18H25NO3/c1-11(2)18(3,10-16(20)19-4)15-8-6-12-9-13(17(21)22)5-7-14(12)15/h5,7,9,11,15H,6,8,10H2,1-4H3,(H,19,20)(H,21,22)/t15?,18-/m1/s1. The molecule has 2 N–H and O–H groups in total. The van der Waals surface area contributed by atoms with E-state index in [9.17, 15) is 9.59 Å². The summed E-state index contributed by atoms with van der Waals surface area (Å²) in [4.78, 5) is 23.1. The van der Waals surface area contributed by atoms with Gasteiger partial charge in [-0.3, -0.25) is 4.79 Å². The molecule has 0 radical (unpaired) electrons. The summed E-state index contributed by atoms with van der Waals surface area (Å²) in [5.41, 5.74) is 2.55. The zero-order valence-electron chi connectivity index (χ0n) is 13.8. The molecule has 2 atom stereocenters. The fraction of sp³-hybridized carbons (Fsp3) is 0.556. The van der Waals surface area contributed by atoms with Gasteiger partial charge in [-0.25, -0.2) is 4.79 Å². The van der Waals surface area contributed by atoms with Gasteiger partial charge in [0.25, 0.3) is 0 Å². The van der Waals surface area contributed by atoms with Crippen molar-refractivity contribution in [2.24, 2.45) is 11.3 Å². The second-order valence-corrected chi connectivity index (χ2v) is 6.82. The van der Waals surface area contributed by atoms with Gasteiger partial charge in [0, 0.05) is 13.5 Å².